The number of hydrogen-bond donors (Lipinski definition) is 0. The zero-order valence-corrected chi connectivity index (χ0v) is 18.5. The van der Waals surface area contributed by atoms with E-state index < -0.39 is 0 Å². The molecule has 0 aliphatic carbocycles. The number of amides is 1. The summed E-state index contributed by atoms with van der Waals surface area (Å²) in [4.78, 5) is 23.0. The van der Waals surface area contributed by atoms with Crippen molar-refractivity contribution in [3.05, 3.63) is 59.4 Å². The fourth-order valence-corrected chi connectivity index (χ4v) is 5.26. The van der Waals surface area contributed by atoms with Gasteiger partial charge in [-0.15, -0.1) is 0 Å². The van der Waals surface area contributed by atoms with Crippen LogP contribution in [0.3, 0.4) is 0 Å². The molecule has 0 unspecified atom stereocenters. The van der Waals surface area contributed by atoms with E-state index in [1.165, 1.54) is 12.8 Å². The van der Waals surface area contributed by atoms with Gasteiger partial charge in [0.1, 0.15) is 6.04 Å². The van der Waals surface area contributed by atoms with E-state index in [1.54, 1.807) is 0 Å². The number of aromatic nitrogens is 3. The van der Waals surface area contributed by atoms with E-state index in [9.17, 15) is 4.79 Å². The number of carbonyl (C=O) groups excluding carboxylic acids is 1. The number of carbonyl (C=O) groups is 1. The minimum absolute atomic E-state index is 0.146. The van der Waals surface area contributed by atoms with Crippen molar-refractivity contribution in [2.45, 2.75) is 44.6 Å². The molecule has 2 aliphatic rings. The maximum atomic E-state index is 13.6. The lowest BCUT2D eigenvalue weighted by Crippen LogP contribution is -2.45. The van der Waals surface area contributed by atoms with Gasteiger partial charge in [0.2, 0.25) is 5.91 Å². The van der Waals surface area contributed by atoms with Gasteiger partial charge in [-0.05, 0) is 63.4 Å². The van der Waals surface area contributed by atoms with Gasteiger partial charge in [0, 0.05) is 37.1 Å². The van der Waals surface area contributed by atoms with Gasteiger partial charge in [-0.3, -0.25) is 14.4 Å². The van der Waals surface area contributed by atoms with Gasteiger partial charge in [0.05, 0.1) is 5.69 Å². The van der Waals surface area contributed by atoms with Gasteiger partial charge in [0.15, 0.2) is 5.65 Å². The predicted octanol–water partition coefficient (Wildman–Crippen LogP) is 3.82. The van der Waals surface area contributed by atoms with Crippen LogP contribution in [-0.4, -0.2) is 56.7 Å². The topological polar surface area (TPSA) is 54.3 Å². The molecule has 31 heavy (non-hydrogen) atoms. The fourth-order valence-electron chi connectivity index (χ4n) is 5.26. The van der Waals surface area contributed by atoms with Gasteiger partial charge in [-0.25, -0.2) is 4.98 Å². The van der Waals surface area contributed by atoms with Gasteiger partial charge in [-0.1, -0.05) is 30.3 Å². The minimum Gasteiger partial charge on any atom is -0.341 e. The zero-order valence-electron chi connectivity index (χ0n) is 18.5. The molecular formula is C25H31N5O. The molecule has 0 bridgehead atoms. The summed E-state index contributed by atoms with van der Waals surface area (Å²) in [5.41, 5.74) is 4.22. The molecule has 0 N–H and O–H groups in total. The summed E-state index contributed by atoms with van der Waals surface area (Å²) in [5, 5.41) is 5.61. The van der Waals surface area contributed by atoms with E-state index in [2.05, 4.69) is 39.2 Å². The van der Waals surface area contributed by atoms with Crippen molar-refractivity contribution in [2.75, 3.05) is 26.2 Å². The Labute approximate surface area is 183 Å². The number of fused-ring (bicyclic) bond motifs is 1. The average molecular weight is 418 g/mol. The Morgan fingerprint density at radius 3 is 2.42 bits per heavy atom. The van der Waals surface area contributed by atoms with Crippen molar-refractivity contribution in [3.8, 4) is 0 Å². The van der Waals surface area contributed by atoms with Crippen molar-refractivity contribution < 1.29 is 4.79 Å². The zero-order chi connectivity index (χ0) is 21.4. The largest absolute Gasteiger partial charge is 0.341 e. The number of benzene rings is 1. The van der Waals surface area contributed by atoms with Crippen LogP contribution in [0.4, 0.5) is 0 Å². The highest BCUT2D eigenvalue weighted by molar-refractivity contribution is 5.83. The molecule has 1 aromatic carbocycles. The van der Waals surface area contributed by atoms with E-state index in [0.29, 0.717) is 5.92 Å². The molecule has 2 fully saturated rings. The van der Waals surface area contributed by atoms with E-state index >= 15 is 0 Å². The third-order valence-corrected chi connectivity index (χ3v) is 6.97. The van der Waals surface area contributed by atoms with Crippen molar-refractivity contribution in [3.63, 3.8) is 0 Å². The van der Waals surface area contributed by atoms with Crippen LogP contribution in [0, 0.1) is 6.92 Å². The first-order chi connectivity index (χ1) is 15.1. The van der Waals surface area contributed by atoms with Crippen LogP contribution in [-0.2, 0) is 11.8 Å². The monoisotopic (exact) mass is 417 g/mol. The molecule has 2 aromatic heterocycles. The summed E-state index contributed by atoms with van der Waals surface area (Å²) in [7, 11) is 1.95. The quantitative estimate of drug-likeness (QED) is 0.648. The SMILES string of the molecule is Cc1nn(C)c2nc(C3CCN(C(=O)[C@H](c4ccccc4)N4CCCC4)CC3)ccc12. The second-order valence-electron chi connectivity index (χ2n) is 8.97. The Balaban J connectivity index is 1.31. The van der Waals surface area contributed by atoms with E-state index in [4.69, 9.17) is 4.98 Å². The van der Waals surface area contributed by atoms with Gasteiger partial charge in [0.25, 0.3) is 0 Å². The van der Waals surface area contributed by atoms with Crippen LogP contribution in [0.5, 0.6) is 0 Å². The highest BCUT2D eigenvalue weighted by Crippen LogP contribution is 2.32. The summed E-state index contributed by atoms with van der Waals surface area (Å²) in [5.74, 6) is 0.655. The minimum atomic E-state index is -0.146. The Morgan fingerprint density at radius 1 is 1.00 bits per heavy atom. The standard InChI is InChI=1S/C25H31N5O/c1-18-21-10-11-22(26-24(21)28(2)27-18)19-12-16-30(17-13-19)25(31)23(29-14-6-7-15-29)20-8-4-3-5-9-20/h3-5,8-11,19,23H,6-7,12-17H2,1-2H3/t23-/m0/s1. The first kappa shape index (κ1) is 20.2. The molecule has 0 radical (unpaired) electrons. The molecule has 162 valence electrons. The van der Waals surface area contributed by atoms with E-state index in [-0.39, 0.29) is 11.9 Å². The normalized spacial score (nSPS) is 19.2. The van der Waals surface area contributed by atoms with Gasteiger partial charge >= 0.3 is 0 Å². The fraction of sp³-hybridized carbons (Fsp3) is 0.480. The lowest BCUT2D eigenvalue weighted by atomic mass is 9.92. The van der Waals surface area contributed by atoms with Crippen LogP contribution >= 0.6 is 0 Å². The van der Waals surface area contributed by atoms with Crippen LogP contribution in [0.15, 0.2) is 42.5 Å². The number of likely N-dealkylation sites (tertiary alicyclic amines) is 2. The van der Waals surface area contributed by atoms with Crippen molar-refractivity contribution >= 4 is 16.9 Å². The number of pyridine rings is 1. The van der Waals surface area contributed by atoms with Crippen LogP contribution in [0.2, 0.25) is 0 Å². The third-order valence-electron chi connectivity index (χ3n) is 6.97. The van der Waals surface area contributed by atoms with E-state index in [1.807, 2.05) is 36.9 Å². The Bertz CT molecular complexity index is 1060. The molecule has 1 amide bonds. The van der Waals surface area contributed by atoms with Crippen molar-refractivity contribution in [2.24, 2.45) is 7.05 Å². The average Bonchev–Trinajstić information content (AvgIpc) is 3.43. The maximum absolute atomic E-state index is 13.6. The molecule has 3 aromatic rings. The Morgan fingerprint density at radius 2 is 1.71 bits per heavy atom. The van der Waals surface area contributed by atoms with Crippen LogP contribution in [0.1, 0.15) is 54.6 Å². The summed E-state index contributed by atoms with van der Waals surface area (Å²) >= 11 is 0. The first-order valence-electron chi connectivity index (χ1n) is 11.5. The van der Waals surface area contributed by atoms with Crippen molar-refractivity contribution in [1.29, 1.82) is 0 Å². The Hall–Kier alpha value is -2.73. The number of aryl methyl sites for hydroxylation is 2. The van der Waals surface area contributed by atoms with E-state index in [0.717, 1.165) is 67.0 Å². The third kappa shape index (κ3) is 3.85. The molecule has 6 heteroatoms. The molecule has 4 heterocycles. The van der Waals surface area contributed by atoms with Crippen LogP contribution in [0.25, 0.3) is 11.0 Å². The number of hydrogen-bond acceptors (Lipinski definition) is 4. The summed E-state index contributed by atoms with van der Waals surface area (Å²) in [6, 6.07) is 14.5. The smallest absolute Gasteiger partial charge is 0.244 e. The molecule has 0 spiro atoms. The second kappa shape index (κ2) is 8.42. The van der Waals surface area contributed by atoms with Gasteiger partial charge in [-0.2, -0.15) is 5.10 Å². The molecular weight excluding hydrogens is 386 g/mol. The molecule has 2 saturated heterocycles. The Kier molecular flexibility index (Phi) is 5.48. The molecule has 5 rings (SSSR count). The van der Waals surface area contributed by atoms with Crippen molar-refractivity contribution in [1.82, 2.24) is 24.6 Å². The number of piperidine rings is 1. The molecule has 2 aliphatic heterocycles. The second-order valence-corrected chi connectivity index (χ2v) is 8.97. The predicted molar refractivity (Wildman–Crippen MR) is 122 cm³/mol. The summed E-state index contributed by atoms with van der Waals surface area (Å²) in [6.45, 7) is 5.64. The van der Waals surface area contributed by atoms with Gasteiger partial charge < -0.3 is 4.90 Å². The first-order valence-corrected chi connectivity index (χ1v) is 11.5. The molecule has 1 atom stereocenters. The highest BCUT2D eigenvalue weighted by atomic mass is 16.2. The molecule has 0 saturated carbocycles. The highest BCUT2D eigenvalue weighted by Gasteiger charge is 2.34. The summed E-state index contributed by atoms with van der Waals surface area (Å²) in [6.07, 6.45) is 4.28. The lowest BCUT2D eigenvalue weighted by molar-refractivity contribution is -0.138. The van der Waals surface area contributed by atoms with Crippen LogP contribution < -0.4 is 0 Å². The summed E-state index contributed by atoms with van der Waals surface area (Å²) < 4.78 is 1.87. The number of rotatable bonds is 4. The lowest BCUT2D eigenvalue weighted by Gasteiger charge is -2.36. The molecule has 6 nitrogen and oxygen atoms in total. The maximum Gasteiger partial charge on any atom is 0.244 e. The number of nitrogens with zero attached hydrogens (tertiary/aromatic N) is 5.